The van der Waals surface area contributed by atoms with Crippen molar-refractivity contribution in [1.29, 1.82) is 0 Å². The molecular formula is C22H27N5O. The van der Waals surface area contributed by atoms with E-state index in [0.29, 0.717) is 13.0 Å². The second kappa shape index (κ2) is 8.00. The van der Waals surface area contributed by atoms with Crippen molar-refractivity contribution >= 4 is 5.91 Å². The first kappa shape index (κ1) is 18.5. The third-order valence-electron chi connectivity index (χ3n) is 5.45. The molecule has 146 valence electrons. The van der Waals surface area contributed by atoms with Crippen molar-refractivity contribution in [3.05, 3.63) is 60.2 Å². The number of hydrogen-bond donors (Lipinski definition) is 0. The molecule has 0 N–H and O–H groups in total. The summed E-state index contributed by atoms with van der Waals surface area (Å²) in [5, 5.41) is 4.28. The molecule has 0 bridgehead atoms. The lowest BCUT2D eigenvalue weighted by Gasteiger charge is -2.35. The Kier molecular flexibility index (Phi) is 5.28. The van der Waals surface area contributed by atoms with Gasteiger partial charge in [0, 0.05) is 49.7 Å². The van der Waals surface area contributed by atoms with E-state index < -0.39 is 0 Å². The van der Waals surface area contributed by atoms with E-state index in [1.54, 1.807) is 0 Å². The van der Waals surface area contributed by atoms with E-state index in [0.717, 1.165) is 48.6 Å². The van der Waals surface area contributed by atoms with Crippen LogP contribution in [0.5, 0.6) is 0 Å². The highest BCUT2D eigenvalue weighted by molar-refractivity contribution is 5.76. The van der Waals surface area contributed by atoms with Crippen LogP contribution in [-0.2, 0) is 11.3 Å². The summed E-state index contributed by atoms with van der Waals surface area (Å²) in [5.41, 5.74) is 3.38. The van der Waals surface area contributed by atoms with E-state index >= 15 is 0 Å². The first-order chi connectivity index (χ1) is 13.6. The second-order valence-electron chi connectivity index (χ2n) is 7.63. The van der Waals surface area contributed by atoms with E-state index in [4.69, 9.17) is 0 Å². The molecular weight excluding hydrogens is 350 g/mol. The van der Waals surface area contributed by atoms with Crippen LogP contribution in [0.1, 0.15) is 36.6 Å². The summed E-state index contributed by atoms with van der Waals surface area (Å²) < 4.78 is 4.16. The summed E-state index contributed by atoms with van der Waals surface area (Å²) in [6.07, 6.45) is 8.31. The Bertz CT molecular complexity index is 943. The SMILES string of the molecule is Cc1cnn(CCC(=O)N2CCCC(n3c(C)cnc3-c3ccccc3)C2)c1. The van der Waals surface area contributed by atoms with Crippen molar-refractivity contribution in [1.82, 2.24) is 24.2 Å². The minimum atomic E-state index is 0.205. The van der Waals surface area contributed by atoms with Gasteiger partial charge < -0.3 is 9.47 Å². The van der Waals surface area contributed by atoms with Gasteiger partial charge in [-0.05, 0) is 32.3 Å². The smallest absolute Gasteiger partial charge is 0.224 e. The molecule has 1 aliphatic heterocycles. The monoisotopic (exact) mass is 377 g/mol. The van der Waals surface area contributed by atoms with Crippen LogP contribution >= 0.6 is 0 Å². The topological polar surface area (TPSA) is 56.0 Å². The number of piperidine rings is 1. The molecule has 3 aromatic rings. The molecule has 1 atom stereocenters. The van der Waals surface area contributed by atoms with Gasteiger partial charge in [0.2, 0.25) is 5.91 Å². The number of aryl methyl sites for hydroxylation is 3. The van der Waals surface area contributed by atoms with Gasteiger partial charge in [0.1, 0.15) is 5.82 Å². The van der Waals surface area contributed by atoms with Gasteiger partial charge in [0.05, 0.1) is 12.2 Å². The van der Waals surface area contributed by atoms with Crippen LogP contribution < -0.4 is 0 Å². The van der Waals surface area contributed by atoms with Gasteiger partial charge in [-0.2, -0.15) is 5.10 Å². The minimum absolute atomic E-state index is 0.205. The molecule has 1 unspecified atom stereocenters. The number of hydrogen-bond acceptors (Lipinski definition) is 3. The van der Waals surface area contributed by atoms with Crippen molar-refractivity contribution in [2.45, 2.75) is 45.7 Å². The van der Waals surface area contributed by atoms with E-state index in [2.05, 4.69) is 33.7 Å². The molecule has 0 aliphatic carbocycles. The fourth-order valence-electron chi connectivity index (χ4n) is 4.06. The molecule has 4 rings (SSSR count). The number of amides is 1. The fraction of sp³-hybridized carbons (Fsp3) is 0.409. The molecule has 6 nitrogen and oxygen atoms in total. The molecule has 0 saturated carbocycles. The van der Waals surface area contributed by atoms with Crippen LogP contribution in [0.3, 0.4) is 0 Å². The van der Waals surface area contributed by atoms with Gasteiger partial charge in [-0.25, -0.2) is 4.98 Å². The zero-order valence-electron chi connectivity index (χ0n) is 16.6. The normalized spacial score (nSPS) is 17.1. The molecule has 28 heavy (non-hydrogen) atoms. The van der Waals surface area contributed by atoms with Crippen LogP contribution in [0.4, 0.5) is 0 Å². The van der Waals surface area contributed by atoms with Crippen LogP contribution in [0.2, 0.25) is 0 Å². The maximum atomic E-state index is 12.8. The number of rotatable bonds is 5. The molecule has 1 fully saturated rings. The van der Waals surface area contributed by atoms with Crippen LogP contribution in [-0.4, -0.2) is 43.2 Å². The second-order valence-corrected chi connectivity index (χ2v) is 7.63. The summed E-state index contributed by atoms with van der Waals surface area (Å²) >= 11 is 0. The standard InChI is InChI=1S/C22H27N5O/c1-17-13-24-26(15-17)12-10-21(28)25-11-6-9-20(16-25)27-18(2)14-23-22(27)19-7-4-3-5-8-19/h3-5,7-8,13-15,20H,6,9-12,16H2,1-2H3. The Balaban J connectivity index is 1.47. The maximum absolute atomic E-state index is 12.8. The zero-order chi connectivity index (χ0) is 19.5. The van der Waals surface area contributed by atoms with Gasteiger partial charge >= 0.3 is 0 Å². The average Bonchev–Trinajstić information content (AvgIpc) is 3.32. The van der Waals surface area contributed by atoms with Gasteiger partial charge in [0.25, 0.3) is 0 Å². The Morgan fingerprint density at radius 2 is 2.00 bits per heavy atom. The summed E-state index contributed by atoms with van der Waals surface area (Å²) in [5.74, 6) is 1.20. The van der Waals surface area contributed by atoms with Crippen molar-refractivity contribution in [3.63, 3.8) is 0 Å². The first-order valence-corrected chi connectivity index (χ1v) is 9.98. The lowest BCUT2D eigenvalue weighted by Crippen LogP contribution is -2.41. The number of carbonyl (C=O) groups excluding carboxylic acids is 1. The average molecular weight is 377 g/mol. The summed E-state index contributed by atoms with van der Waals surface area (Å²) in [7, 11) is 0. The number of imidazole rings is 1. The Hall–Kier alpha value is -2.89. The quantitative estimate of drug-likeness (QED) is 0.682. The van der Waals surface area contributed by atoms with Gasteiger partial charge in [-0.1, -0.05) is 30.3 Å². The van der Waals surface area contributed by atoms with Gasteiger partial charge in [0.15, 0.2) is 0 Å². The Labute approximate surface area is 165 Å². The minimum Gasteiger partial charge on any atom is -0.341 e. The summed E-state index contributed by atoms with van der Waals surface area (Å²) in [4.78, 5) is 19.5. The Morgan fingerprint density at radius 3 is 2.75 bits per heavy atom. The molecule has 1 aromatic carbocycles. The zero-order valence-corrected chi connectivity index (χ0v) is 16.6. The number of nitrogens with zero attached hydrogens (tertiary/aromatic N) is 5. The molecule has 6 heteroatoms. The van der Waals surface area contributed by atoms with Gasteiger partial charge in [-0.3, -0.25) is 9.48 Å². The number of aromatic nitrogens is 4. The lowest BCUT2D eigenvalue weighted by molar-refractivity contribution is -0.133. The predicted octanol–water partition coefficient (Wildman–Crippen LogP) is 3.62. The maximum Gasteiger partial charge on any atom is 0.224 e. The third-order valence-corrected chi connectivity index (χ3v) is 5.45. The van der Waals surface area contributed by atoms with E-state index in [1.807, 2.05) is 53.3 Å². The van der Waals surface area contributed by atoms with Crippen molar-refractivity contribution in [3.8, 4) is 11.4 Å². The highest BCUT2D eigenvalue weighted by Crippen LogP contribution is 2.29. The van der Waals surface area contributed by atoms with Crippen LogP contribution in [0.25, 0.3) is 11.4 Å². The first-order valence-electron chi connectivity index (χ1n) is 9.98. The highest BCUT2D eigenvalue weighted by atomic mass is 16.2. The summed E-state index contributed by atoms with van der Waals surface area (Å²) in [6.45, 7) is 6.32. The predicted molar refractivity (Wildman–Crippen MR) is 109 cm³/mol. The van der Waals surface area contributed by atoms with Crippen LogP contribution in [0.15, 0.2) is 48.9 Å². The number of benzene rings is 1. The molecule has 2 aromatic heterocycles. The molecule has 1 amide bonds. The van der Waals surface area contributed by atoms with E-state index in [1.165, 1.54) is 0 Å². The fourth-order valence-corrected chi connectivity index (χ4v) is 4.06. The largest absolute Gasteiger partial charge is 0.341 e. The van der Waals surface area contributed by atoms with E-state index in [-0.39, 0.29) is 11.9 Å². The Morgan fingerprint density at radius 1 is 1.18 bits per heavy atom. The molecule has 1 aliphatic rings. The van der Waals surface area contributed by atoms with Crippen molar-refractivity contribution in [2.75, 3.05) is 13.1 Å². The van der Waals surface area contributed by atoms with Crippen molar-refractivity contribution in [2.24, 2.45) is 0 Å². The highest BCUT2D eigenvalue weighted by Gasteiger charge is 2.27. The number of carbonyl (C=O) groups is 1. The number of likely N-dealkylation sites (tertiary alicyclic amines) is 1. The third kappa shape index (κ3) is 3.86. The van der Waals surface area contributed by atoms with Crippen LogP contribution in [0, 0.1) is 13.8 Å². The lowest BCUT2D eigenvalue weighted by atomic mass is 10.0. The molecule has 3 heterocycles. The van der Waals surface area contributed by atoms with E-state index in [9.17, 15) is 4.79 Å². The van der Waals surface area contributed by atoms with Crippen molar-refractivity contribution < 1.29 is 4.79 Å². The molecule has 0 spiro atoms. The summed E-state index contributed by atoms with van der Waals surface area (Å²) in [6, 6.07) is 10.6. The molecule has 0 radical (unpaired) electrons. The van der Waals surface area contributed by atoms with Gasteiger partial charge in [-0.15, -0.1) is 0 Å². The molecule has 1 saturated heterocycles.